The molecule has 130 valence electrons. The smallest absolute Gasteiger partial charge is 0.312 e. The number of hydrogen-bond donors (Lipinski definition) is 0. The number of hydrogen-bond acceptors (Lipinski definition) is 5. The molecule has 0 saturated carbocycles. The summed E-state index contributed by atoms with van der Waals surface area (Å²) in [6, 6.07) is 9.56. The van der Waals surface area contributed by atoms with E-state index in [4.69, 9.17) is 9.57 Å². The van der Waals surface area contributed by atoms with Crippen LogP contribution in [-0.2, 0) is 25.8 Å². The van der Waals surface area contributed by atoms with Gasteiger partial charge in [0.15, 0.2) is 0 Å². The van der Waals surface area contributed by atoms with Crippen molar-refractivity contribution in [2.45, 2.75) is 46.1 Å². The van der Waals surface area contributed by atoms with Crippen LogP contribution in [0.2, 0.25) is 0 Å². The minimum Gasteiger partial charge on any atom is -0.460 e. The molecule has 1 aliphatic rings. The zero-order chi connectivity index (χ0) is 17.4. The van der Waals surface area contributed by atoms with E-state index in [1.54, 1.807) is 5.06 Å². The topological polar surface area (TPSA) is 55.8 Å². The summed E-state index contributed by atoms with van der Waals surface area (Å²) in [6.45, 7) is 5.21. The summed E-state index contributed by atoms with van der Waals surface area (Å²) in [6.07, 6.45) is 2.82. The van der Waals surface area contributed by atoms with Crippen LogP contribution in [0.5, 0.6) is 0 Å². The molecule has 5 nitrogen and oxygen atoms in total. The van der Waals surface area contributed by atoms with E-state index in [9.17, 15) is 9.59 Å². The average molecular weight is 331 g/mol. The van der Waals surface area contributed by atoms with E-state index in [0.29, 0.717) is 25.3 Å². The number of allylic oxidation sites excluding steroid dienone is 1. The summed E-state index contributed by atoms with van der Waals surface area (Å²) < 4.78 is 5.46. The van der Waals surface area contributed by atoms with Crippen molar-refractivity contribution < 1.29 is 19.2 Å². The number of carbonyl (C=O) groups excluding carboxylic acids is 2. The summed E-state index contributed by atoms with van der Waals surface area (Å²) in [5, 5.41) is 1.58. The quantitative estimate of drug-likeness (QED) is 0.436. The minimum absolute atomic E-state index is 0.242. The predicted molar refractivity (Wildman–Crippen MR) is 90.4 cm³/mol. The van der Waals surface area contributed by atoms with Gasteiger partial charge in [-0.2, -0.15) is 0 Å². The van der Waals surface area contributed by atoms with Crippen LogP contribution in [0, 0.1) is 5.41 Å². The Hall–Kier alpha value is -2.10. The number of benzene rings is 1. The van der Waals surface area contributed by atoms with Gasteiger partial charge < -0.3 is 4.74 Å². The lowest BCUT2D eigenvalue weighted by atomic mass is 9.79. The van der Waals surface area contributed by atoms with Gasteiger partial charge in [-0.05, 0) is 25.3 Å². The zero-order valence-electron chi connectivity index (χ0n) is 14.4. The van der Waals surface area contributed by atoms with E-state index in [1.807, 2.05) is 43.2 Å². The standard InChI is InChI=1S/C19H25NO4/c1-3-4-12-24-20-11-10-19(2,13-17(20)14-21)18(22)23-15-16-8-6-5-7-9-16/h5-9H,3-4,10-13,15H2,1-2H3. The van der Waals surface area contributed by atoms with Gasteiger partial charge in [0.25, 0.3) is 0 Å². The molecule has 1 aliphatic heterocycles. The van der Waals surface area contributed by atoms with Crippen LogP contribution in [0.15, 0.2) is 36.0 Å². The Morgan fingerprint density at radius 2 is 2.08 bits per heavy atom. The first-order chi connectivity index (χ1) is 11.6. The van der Waals surface area contributed by atoms with Gasteiger partial charge in [0.1, 0.15) is 18.2 Å². The van der Waals surface area contributed by atoms with Crippen molar-refractivity contribution in [2.75, 3.05) is 13.2 Å². The van der Waals surface area contributed by atoms with E-state index in [-0.39, 0.29) is 19.0 Å². The lowest BCUT2D eigenvalue weighted by molar-refractivity contribution is -0.173. The van der Waals surface area contributed by atoms with Gasteiger partial charge in [0, 0.05) is 13.0 Å². The number of ether oxygens (including phenoxy) is 1. The molecule has 1 fully saturated rings. The van der Waals surface area contributed by atoms with Gasteiger partial charge in [0.05, 0.1) is 12.0 Å². The van der Waals surface area contributed by atoms with Gasteiger partial charge >= 0.3 is 5.97 Å². The molecule has 24 heavy (non-hydrogen) atoms. The molecule has 0 radical (unpaired) electrons. The van der Waals surface area contributed by atoms with Crippen LogP contribution in [0.4, 0.5) is 0 Å². The molecule has 1 heterocycles. The fourth-order valence-electron chi connectivity index (χ4n) is 2.65. The second-order valence-corrected chi connectivity index (χ2v) is 6.39. The highest BCUT2D eigenvalue weighted by Gasteiger charge is 2.41. The Morgan fingerprint density at radius 1 is 1.33 bits per heavy atom. The van der Waals surface area contributed by atoms with E-state index in [0.717, 1.165) is 18.4 Å². The normalized spacial score (nSPS) is 20.6. The van der Waals surface area contributed by atoms with E-state index >= 15 is 0 Å². The highest BCUT2D eigenvalue weighted by molar-refractivity contribution is 5.77. The number of carbonyl (C=O) groups is 1. The van der Waals surface area contributed by atoms with Crippen molar-refractivity contribution in [3.8, 4) is 0 Å². The largest absolute Gasteiger partial charge is 0.460 e. The molecule has 1 atom stereocenters. The Kier molecular flexibility index (Phi) is 6.59. The fraction of sp³-hybridized carbons (Fsp3) is 0.526. The van der Waals surface area contributed by atoms with Crippen LogP contribution in [0.3, 0.4) is 0 Å². The van der Waals surface area contributed by atoms with Gasteiger partial charge in [-0.1, -0.05) is 43.7 Å². The monoisotopic (exact) mass is 331 g/mol. The summed E-state index contributed by atoms with van der Waals surface area (Å²) in [5.74, 6) is 1.64. The van der Waals surface area contributed by atoms with Crippen LogP contribution in [0.1, 0.15) is 45.1 Å². The Balaban J connectivity index is 1.93. The van der Waals surface area contributed by atoms with Crippen molar-refractivity contribution >= 4 is 11.9 Å². The number of esters is 1. The van der Waals surface area contributed by atoms with Crippen molar-refractivity contribution in [1.82, 2.24) is 5.06 Å². The molecule has 0 amide bonds. The van der Waals surface area contributed by atoms with E-state index in [1.165, 1.54) is 0 Å². The Labute approximate surface area is 143 Å². The summed E-state index contributed by atoms with van der Waals surface area (Å²) >= 11 is 0. The first kappa shape index (κ1) is 18.2. The lowest BCUT2D eigenvalue weighted by Crippen LogP contribution is -2.42. The van der Waals surface area contributed by atoms with Crippen LogP contribution >= 0.6 is 0 Å². The third-order valence-corrected chi connectivity index (χ3v) is 4.29. The maximum absolute atomic E-state index is 12.5. The molecule has 0 bridgehead atoms. The van der Waals surface area contributed by atoms with Crippen molar-refractivity contribution in [3.63, 3.8) is 0 Å². The molecule has 0 spiro atoms. The molecular formula is C19H25NO4. The predicted octanol–water partition coefficient (Wildman–Crippen LogP) is 3.28. The van der Waals surface area contributed by atoms with Crippen LogP contribution < -0.4 is 0 Å². The summed E-state index contributed by atoms with van der Waals surface area (Å²) in [7, 11) is 0. The highest BCUT2D eigenvalue weighted by Crippen LogP contribution is 2.37. The van der Waals surface area contributed by atoms with Gasteiger partial charge in [-0.25, -0.2) is 9.86 Å². The average Bonchev–Trinajstić information content (AvgIpc) is 2.62. The number of rotatable bonds is 7. The Bertz CT molecular complexity index is 595. The SMILES string of the molecule is CCCCON1CCC(C)(C(=O)OCc2ccccc2)CC1=C=O. The minimum atomic E-state index is -0.716. The van der Waals surface area contributed by atoms with Gasteiger partial charge in [0.2, 0.25) is 0 Å². The van der Waals surface area contributed by atoms with Crippen molar-refractivity contribution in [3.05, 3.63) is 41.6 Å². The first-order valence-electron chi connectivity index (χ1n) is 8.44. The second kappa shape index (κ2) is 8.67. The summed E-state index contributed by atoms with van der Waals surface area (Å²) in [4.78, 5) is 29.4. The third kappa shape index (κ3) is 4.70. The highest BCUT2D eigenvalue weighted by atomic mass is 16.7. The molecule has 1 unspecified atom stereocenters. The first-order valence-corrected chi connectivity index (χ1v) is 8.44. The van der Waals surface area contributed by atoms with E-state index in [2.05, 4.69) is 6.92 Å². The maximum Gasteiger partial charge on any atom is 0.312 e. The number of unbranched alkanes of at least 4 members (excludes halogenated alkanes) is 1. The fourth-order valence-corrected chi connectivity index (χ4v) is 2.65. The van der Waals surface area contributed by atoms with Gasteiger partial charge in [-0.15, -0.1) is 0 Å². The molecule has 1 aromatic rings. The molecule has 0 N–H and O–H groups in total. The maximum atomic E-state index is 12.5. The van der Waals surface area contributed by atoms with Crippen molar-refractivity contribution in [2.24, 2.45) is 5.41 Å². The number of nitrogens with zero attached hydrogens (tertiary/aromatic N) is 1. The molecule has 1 saturated heterocycles. The summed E-state index contributed by atoms with van der Waals surface area (Å²) in [5.41, 5.74) is 0.615. The van der Waals surface area contributed by atoms with Crippen LogP contribution in [-0.4, -0.2) is 30.1 Å². The molecule has 1 aromatic carbocycles. The molecule has 0 aromatic heterocycles. The molecular weight excluding hydrogens is 306 g/mol. The second-order valence-electron chi connectivity index (χ2n) is 6.39. The van der Waals surface area contributed by atoms with E-state index < -0.39 is 5.41 Å². The molecule has 2 rings (SSSR count). The lowest BCUT2D eigenvalue weighted by Gasteiger charge is -2.37. The molecule has 5 heteroatoms. The third-order valence-electron chi connectivity index (χ3n) is 4.29. The van der Waals surface area contributed by atoms with Crippen LogP contribution in [0.25, 0.3) is 0 Å². The number of piperidine rings is 1. The molecule has 0 aliphatic carbocycles. The number of hydroxylamine groups is 2. The van der Waals surface area contributed by atoms with Crippen molar-refractivity contribution in [1.29, 1.82) is 0 Å². The zero-order valence-corrected chi connectivity index (χ0v) is 14.4. The van der Waals surface area contributed by atoms with Gasteiger partial charge in [-0.3, -0.25) is 9.63 Å². The Morgan fingerprint density at radius 3 is 2.75 bits per heavy atom.